The van der Waals surface area contributed by atoms with Crippen molar-refractivity contribution >= 4 is 16.9 Å². The average molecular weight is 462 g/mol. The molecule has 2 aromatic carbocycles. The first-order valence-electron chi connectivity index (χ1n) is 13.1. The Bertz CT molecular complexity index is 1070. The third kappa shape index (κ3) is 5.99. The number of para-hydroxylation sites is 3. The highest BCUT2D eigenvalue weighted by molar-refractivity contribution is 5.78. The fourth-order valence-electron chi connectivity index (χ4n) is 5.02. The third-order valence-electron chi connectivity index (χ3n) is 7.20. The normalized spacial score (nSPS) is 15.4. The molecule has 5 heteroatoms. The first-order valence-corrected chi connectivity index (χ1v) is 13.1. The molecular weight excluding hydrogens is 422 g/mol. The van der Waals surface area contributed by atoms with Crippen LogP contribution in [0, 0.1) is 5.92 Å². The Labute approximate surface area is 203 Å². The Morgan fingerprint density at radius 3 is 2.71 bits per heavy atom. The lowest BCUT2D eigenvalue weighted by molar-refractivity contribution is -0.125. The predicted octanol–water partition coefficient (Wildman–Crippen LogP) is 6.26. The summed E-state index contributed by atoms with van der Waals surface area (Å²) < 4.78 is 8.50. The van der Waals surface area contributed by atoms with E-state index in [0.717, 1.165) is 61.3 Å². The van der Waals surface area contributed by atoms with E-state index in [1.807, 2.05) is 12.1 Å². The first kappa shape index (κ1) is 24.3. The lowest BCUT2D eigenvalue weighted by atomic mass is 9.89. The number of hydrogen-bond donors (Lipinski definition) is 1. The van der Waals surface area contributed by atoms with Gasteiger partial charge in [-0.25, -0.2) is 4.98 Å². The summed E-state index contributed by atoms with van der Waals surface area (Å²) in [7, 11) is 0. The maximum absolute atomic E-state index is 12.5. The van der Waals surface area contributed by atoms with Crippen molar-refractivity contribution in [2.45, 2.75) is 77.7 Å². The molecule has 1 heterocycles. The van der Waals surface area contributed by atoms with Gasteiger partial charge in [0.05, 0.1) is 17.6 Å². The number of aromatic nitrogens is 2. The predicted molar refractivity (Wildman–Crippen MR) is 138 cm³/mol. The molecule has 3 aromatic rings. The second-order valence-electron chi connectivity index (χ2n) is 9.59. The Morgan fingerprint density at radius 2 is 1.88 bits per heavy atom. The fraction of sp³-hybridized carbons (Fsp3) is 0.517. The topological polar surface area (TPSA) is 56.1 Å². The molecular formula is C29H39N3O2. The van der Waals surface area contributed by atoms with Gasteiger partial charge >= 0.3 is 0 Å². The van der Waals surface area contributed by atoms with Crippen molar-refractivity contribution < 1.29 is 9.53 Å². The molecule has 0 bridgehead atoms. The molecule has 1 saturated carbocycles. The van der Waals surface area contributed by atoms with E-state index in [9.17, 15) is 4.79 Å². The van der Waals surface area contributed by atoms with Crippen LogP contribution in [0.3, 0.4) is 0 Å². The molecule has 1 unspecified atom stereocenters. The van der Waals surface area contributed by atoms with E-state index in [0.29, 0.717) is 19.1 Å². The Kier molecular flexibility index (Phi) is 8.62. The number of amides is 1. The van der Waals surface area contributed by atoms with Crippen LogP contribution in [0.15, 0.2) is 48.5 Å². The maximum Gasteiger partial charge on any atom is 0.223 e. The summed E-state index contributed by atoms with van der Waals surface area (Å²) in [6.07, 6.45) is 8.43. The van der Waals surface area contributed by atoms with Gasteiger partial charge in [0.15, 0.2) is 0 Å². The van der Waals surface area contributed by atoms with Gasteiger partial charge in [0.2, 0.25) is 5.91 Å². The van der Waals surface area contributed by atoms with E-state index in [4.69, 9.17) is 9.72 Å². The lowest BCUT2D eigenvalue weighted by Crippen LogP contribution is -2.33. The molecule has 1 aromatic heterocycles. The van der Waals surface area contributed by atoms with Crippen LogP contribution >= 0.6 is 0 Å². The maximum atomic E-state index is 12.5. The van der Waals surface area contributed by atoms with Crippen molar-refractivity contribution in [3.8, 4) is 5.75 Å². The highest BCUT2D eigenvalue weighted by Gasteiger charge is 2.21. The van der Waals surface area contributed by atoms with Crippen LogP contribution < -0.4 is 10.1 Å². The van der Waals surface area contributed by atoms with Crippen molar-refractivity contribution in [1.29, 1.82) is 0 Å². The number of nitrogens with one attached hydrogen (secondary N) is 1. The van der Waals surface area contributed by atoms with E-state index >= 15 is 0 Å². The van der Waals surface area contributed by atoms with Crippen molar-refractivity contribution in [2.24, 2.45) is 5.92 Å². The minimum atomic E-state index is 0.197. The third-order valence-corrected chi connectivity index (χ3v) is 7.20. The van der Waals surface area contributed by atoms with Crippen molar-refractivity contribution in [2.75, 3.05) is 13.2 Å². The van der Waals surface area contributed by atoms with Crippen LogP contribution in [0.2, 0.25) is 0 Å². The summed E-state index contributed by atoms with van der Waals surface area (Å²) >= 11 is 0. The molecule has 0 aliphatic heterocycles. The van der Waals surface area contributed by atoms with Gasteiger partial charge in [0.25, 0.3) is 0 Å². The van der Waals surface area contributed by atoms with E-state index in [2.05, 4.69) is 60.1 Å². The Morgan fingerprint density at radius 1 is 1.12 bits per heavy atom. The van der Waals surface area contributed by atoms with Gasteiger partial charge in [0, 0.05) is 25.4 Å². The number of ether oxygens (including phenoxy) is 1. The van der Waals surface area contributed by atoms with E-state index < -0.39 is 0 Å². The molecule has 0 saturated heterocycles. The van der Waals surface area contributed by atoms with Crippen molar-refractivity contribution in [1.82, 2.24) is 14.9 Å². The summed E-state index contributed by atoms with van der Waals surface area (Å²) in [4.78, 5) is 17.4. The number of imidazole rings is 1. The number of carbonyl (C=O) groups excluding carboxylic acids is 1. The van der Waals surface area contributed by atoms with Crippen LogP contribution in [-0.4, -0.2) is 28.6 Å². The quantitative estimate of drug-likeness (QED) is 0.343. The highest BCUT2D eigenvalue weighted by Crippen LogP contribution is 2.28. The van der Waals surface area contributed by atoms with Crippen molar-refractivity contribution in [3.63, 3.8) is 0 Å². The smallest absolute Gasteiger partial charge is 0.223 e. The van der Waals surface area contributed by atoms with Gasteiger partial charge in [-0.15, -0.1) is 0 Å². The minimum absolute atomic E-state index is 0.197. The zero-order chi connectivity index (χ0) is 23.8. The Balaban J connectivity index is 1.35. The van der Waals surface area contributed by atoms with Crippen LogP contribution in [0.1, 0.15) is 76.1 Å². The van der Waals surface area contributed by atoms with Crippen LogP contribution in [-0.2, 0) is 17.8 Å². The molecule has 1 fully saturated rings. The summed E-state index contributed by atoms with van der Waals surface area (Å²) in [6.45, 7) is 6.61. The van der Waals surface area contributed by atoms with Crippen molar-refractivity contribution in [3.05, 3.63) is 59.9 Å². The molecule has 1 atom stereocenters. The number of fused-ring (bicyclic) bond motifs is 1. The second-order valence-corrected chi connectivity index (χ2v) is 9.59. The second kappa shape index (κ2) is 12.0. The standard InChI is InChI=1S/C29H39N3O2/c1-3-22(2)24-14-7-10-17-27(24)34-21-11-20-32-26-16-9-8-15-25(26)31-28(32)18-19-30-29(33)23-12-5-4-6-13-23/h7-10,14-17,22-23H,3-6,11-13,18-21H2,1-2H3,(H,30,33). The zero-order valence-corrected chi connectivity index (χ0v) is 20.8. The number of carbonyl (C=O) groups is 1. The Hall–Kier alpha value is -2.82. The van der Waals surface area contributed by atoms with E-state index in [-0.39, 0.29) is 11.8 Å². The van der Waals surface area contributed by atoms with Gasteiger partial charge in [-0.05, 0) is 55.4 Å². The number of nitrogens with zero attached hydrogens (tertiary/aromatic N) is 2. The molecule has 0 spiro atoms. The molecule has 1 aliphatic carbocycles. The molecule has 182 valence electrons. The molecule has 1 N–H and O–H groups in total. The minimum Gasteiger partial charge on any atom is -0.493 e. The monoisotopic (exact) mass is 461 g/mol. The summed E-state index contributed by atoms with van der Waals surface area (Å²) in [5.74, 6) is 2.94. The summed E-state index contributed by atoms with van der Waals surface area (Å²) in [5, 5.41) is 3.17. The van der Waals surface area contributed by atoms with Gasteiger partial charge in [-0.3, -0.25) is 4.79 Å². The summed E-state index contributed by atoms with van der Waals surface area (Å²) in [6, 6.07) is 16.7. The van der Waals surface area contributed by atoms with Gasteiger partial charge < -0.3 is 14.6 Å². The van der Waals surface area contributed by atoms with E-state index in [1.165, 1.54) is 24.8 Å². The molecule has 1 amide bonds. The highest BCUT2D eigenvalue weighted by atomic mass is 16.5. The molecule has 5 nitrogen and oxygen atoms in total. The molecule has 1 aliphatic rings. The van der Waals surface area contributed by atoms with Crippen LogP contribution in [0.4, 0.5) is 0 Å². The van der Waals surface area contributed by atoms with E-state index in [1.54, 1.807) is 0 Å². The SMILES string of the molecule is CCC(C)c1ccccc1OCCCn1c(CCNC(=O)C2CCCCC2)nc2ccccc21. The lowest BCUT2D eigenvalue weighted by Gasteiger charge is -2.20. The van der Waals surface area contributed by atoms with Gasteiger partial charge in [-0.1, -0.05) is 63.4 Å². The van der Waals surface area contributed by atoms with Gasteiger partial charge in [0.1, 0.15) is 11.6 Å². The number of rotatable bonds is 11. The number of hydrogen-bond acceptors (Lipinski definition) is 3. The molecule has 0 radical (unpaired) electrons. The van der Waals surface area contributed by atoms with Gasteiger partial charge in [-0.2, -0.15) is 0 Å². The molecule has 4 rings (SSSR count). The van der Waals surface area contributed by atoms with Crippen LogP contribution in [0.25, 0.3) is 11.0 Å². The largest absolute Gasteiger partial charge is 0.493 e. The first-order chi connectivity index (χ1) is 16.7. The number of aryl methyl sites for hydroxylation is 1. The van der Waals surface area contributed by atoms with Crippen LogP contribution in [0.5, 0.6) is 5.75 Å². The molecule has 34 heavy (non-hydrogen) atoms. The zero-order valence-electron chi connectivity index (χ0n) is 20.8. The summed E-state index contributed by atoms with van der Waals surface area (Å²) in [5.41, 5.74) is 3.45. The number of benzene rings is 2. The fourth-order valence-corrected chi connectivity index (χ4v) is 5.02. The average Bonchev–Trinajstić information content (AvgIpc) is 3.24.